The minimum atomic E-state index is -0.367. The number of carbonyl (C=O) groups is 1. The molecule has 0 fully saturated rings. The van der Waals surface area contributed by atoms with Crippen LogP contribution in [-0.2, 0) is 16.1 Å². The molecule has 0 aliphatic carbocycles. The molecule has 0 amide bonds. The van der Waals surface area contributed by atoms with Crippen molar-refractivity contribution < 1.29 is 19.0 Å². The first-order valence-electron chi connectivity index (χ1n) is 9.35. The summed E-state index contributed by atoms with van der Waals surface area (Å²) in [4.78, 5) is 10.9. The first-order valence-corrected chi connectivity index (χ1v) is 9.35. The Hall–Kier alpha value is -3.26. The quantitative estimate of drug-likeness (QED) is 0.301. The number of nitriles is 1. The molecule has 0 radical (unpaired) electrons. The Bertz CT molecular complexity index is 776. The van der Waals surface area contributed by atoms with E-state index in [-0.39, 0.29) is 5.97 Å². The van der Waals surface area contributed by atoms with Gasteiger partial charge in [-0.15, -0.1) is 0 Å². The van der Waals surface area contributed by atoms with E-state index >= 15 is 0 Å². The molecule has 5 heteroatoms. The van der Waals surface area contributed by atoms with Crippen LogP contribution in [0.5, 0.6) is 11.5 Å². The van der Waals surface area contributed by atoms with Gasteiger partial charge in [0, 0.05) is 6.08 Å². The minimum Gasteiger partial charge on any atom is -0.494 e. The Balaban J connectivity index is 1.58. The first-order chi connectivity index (χ1) is 13.7. The van der Waals surface area contributed by atoms with E-state index in [1.807, 2.05) is 24.3 Å². The second-order valence-corrected chi connectivity index (χ2v) is 6.20. The third-order valence-electron chi connectivity index (χ3n) is 4.03. The van der Waals surface area contributed by atoms with Crippen molar-refractivity contribution in [2.24, 2.45) is 0 Å². The van der Waals surface area contributed by atoms with Gasteiger partial charge >= 0.3 is 5.97 Å². The molecule has 0 heterocycles. The summed E-state index contributed by atoms with van der Waals surface area (Å²) in [6.07, 6.45) is 5.02. The third kappa shape index (κ3) is 7.96. The average Bonchev–Trinajstić information content (AvgIpc) is 2.75. The summed E-state index contributed by atoms with van der Waals surface area (Å²) in [6.45, 7) is 4.92. The molecule has 0 unspecified atom stereocenters. The lowest BCUT2D eigenvalue weighted by atomic mass is 10.2. The molecule has 146 valence electrons. The van der Waals surface area contributed by atoms with E-state index in [0.717, 1.165) is 42.7 Å². The highest BCUT2D eigenvalue weighted by molar-refractivity contribution is 5.81. The van der Waals surface area contributed by atoms with Crippen LogP contribution in [0.3, 0.4) is 0 Å². The monoisotopic (exact) mass is 379 g/mol. The topological polar surface area (TPSA) is 68.6 Å². The van der Waals surface area contributed by atoms with E-state index in [4.69, 9.17) is 19.5 Å². The molecule has 0 aliphatic heterocycles. The highest BCUT2D eigenvalue weighted by Gasteiger charge is 2.00. The summed E-state index contributed by atoms with van der Waals surface area (Å²) in [5, 5.41) is 8.79. The van der Waals surface area contributed by atoms with Crippen molar-refractivity contribution in [2.45, 2.75) is 32.3 Å². The van der Waals surface area contributed by atoms with Gasteiger partial charge in [-0.05, 0) is 67.6 Å². The van der Waals surface area contributed by atoms with Crippen LogP contribution in [-0.4, -0.2) is 19.2 Å². The maximum atomic E-state index is 10.9. The molecule has 0 aromatic heterocycles. The summed E-state index contributed by atoms with van der Waals surface area (Å²) in [7, 11) is 0. The molecular weight excluding hydrogens is 354 g/mol. The van der Waals surface area contributed by atoms with Crippen LogP contribution in [0.1, 0.15) is 36.8 Å². The van der Waals surface area contributed by atoms with E-state index in [2.05, 4.69) is 12.6 Å². The first kappa shape index (κ1) is 21.0. The fourth-order valence-corrected chi connectivity index (χ4v) is 2.45. The van der Waals surface area contributed by atoms with E-state index < -0.39 is 0 Å². The number of ether oxygens (including phenoxy) is 3. The zero-order valence-electron chi connectivity index (χ0n) is 15.9. The van der Waals surface area contributed by atoms with Crippen LogP contribution < -0.4 is 9.47 Å². The second-order valence-electron chi connectivity index (χ2n) is 6.20. The highest BCUT2D eigenvalue weighted by Crippen LogP contribution is 2.17. The van der Waals surface area contributed by atoms with Gasteiger partial charge in [0.05, 0.1) is 24.8 Å². The average molecular weight is 379 g/mol. The third-order valence-corrected chi connectivity index (χ3v) is 4.03. The molecule has 2 aromatic rings. The van der Waals surface area contributed by atoms with Gasteiger partial charge in [0.2, 0.25) is 0 Å². The Morgan fingerprint density at radius 3 is 2.14 bits per heavy atom. The molecular formula is C23H25NO4. The molecule has 0 aliphatic rings. The zero-order chi connectivity index (χ0) is 20.0. The number of unbranched alkanes of at least 4 members (excludes halogenated alkanes) is 3. The van der Waals surface area contributed by atoms with E-state index in [1.165, 1.54) is 6.08 Å². The summed E-state index contributed by atoms with van der Waals surface area (Å²) < 4.78 is 16.4. The number of carbonyl (C=O) groups excluding carboxylic acids is 1. The van der Waals surface area contributed by atoms with Gasteiger partial charge in [-0.25, -0.2) is 4.79 Å². The predicted octanol–water partition coefficient (Wildman–Crippen LogP) is 4.81. The Kier molecular flexibility index (Phi) is 9.16. The van der Waals surface area contributed by atoms with E-state index in [9.17, 15) is 4.79 Å². The summed E-state index contributed by atoms with van der Waals surface area (Å²) >= 11 is 0. The number of hydrogen-bond donors (Lipinski definition) is 0. The standard InChI is InChI=1S/C23H25NO4/c1-2-23(25)27-16-6-4-3-5-15-26-21-13-9-20(10-14-21)18-28-22-11-7-19(17-24)8-12-22/h2,7-14H,1,3-6,15-16,18H2. The maximum absolute atomic E-state index is 10.9. The number of benzene rings is 2. The smallest absolute Gasteiger partial charge is 0.330 e. The number of rotatable bonds is 12. The van der Waals surface area contributed by atoms with Crippen LogP contribution in [0.15, 0.2) is 61.2 Å². The molecule has 0 N–H and O–H groups in total. The van der Waals surface area contributed by atoms with Gasteiger partial charge in [-0.3, -0.25) is 0 Å². The van der Waals surface area contributed by atoms with Crippen LogP contribution in [0.25, 0.3) is 0 Å². The Labute approximate surface area is 166 Å². The largest absolute Gasteiger partial charge is 0.494 e. The Morgan fingerprint density at radius 1 is 0.893 bits per heavy atom. The van der Waals surface area contributed by atoms with Crippen molar-refractivity contribution in [3.63, 3.8) is 0 Å². The fraction of sp³-hybridized carbons (Fsp3) is 0.304. The summed E-state index contributed by atoms with van der Waals surface area (Å²) in [5.74, 6) is 1.20. The molecule has 0 atom stereocenters. The molecule has 2 aromatic carbocycles. The molecule has 28 heavy (non-hydrogen) atoms. The molecule has 5 nitrogen and oxygen atoms in total. The SMILES string of the molecule is C=CC(=O)OCCCCCCOc1ccc(COc2ccc(C#N)cc2)cc1. The fourth-order valence-electron chi connectivity index (χ4n) is 2.45. The van der Waals surface area contributed by atoms with Crippen molar-refractivity contribution in [2.75, 3.05) is 13.2 Å². The zero-order valence-corrected chi connectivity index (χ0v) is 15.9. The van der Waals surface area contributed by atoms with E-state index in [1.54, 1.807) is 24.3 Å². The second kappa shape index (κ2) is 12.2. The van der Waals surface area contributed by atoms with Crippen molar-refractivity contribution in [3.8, 4) is 17.6 Å². The van der Waals surface area contributed by atoms with Crippen LogP contribution in [0, 0.1) is 11.3 Å². The van der Waals surface area contributed by atoms with Gasteiger partial charge in [-0.2, -0.15) is 5.26 Å². The number of esters is 1. The van der Waals surface area contributed by atoms with Gasteiger partial charge in [-0.1, -0.05) is 18.7 Å². The van der Waals surface area contributed by atoms with Crippen molar-refractivity contribution >= 4 is 5.97 Å². The maximum Gasteiger partial charge on any atom is 0.330 e. The van der Waals surface area contributed by atoms with Crippen molar-refractivity contribution in [1.82, 2.24) is 0 Å². The van der Waals surface area contributed by atoms with Crippen LogP contribution >= 0.6 is 0 Å². The summed E-state index contributed by atoms with van der Waals surface area (Å²) in [6, 6.07) is 17.0. The summed E-state index contributed by atoms with van der Waals surface area (Å²) in [5.41, 5.74) is 1.66. The Morgan fingerprint density at radius 2 is 1.50 bits per heavy atom. The normalized spacial score (nSPS) is 9.96. The molecule has 0 spiro atoms. The highest BCUT2D eigenvalue weighted by atomic mass is 16.5. The lowest BCUT2D eigenvalue weighted by Crippen LogP contribution is -2.02. The predicted molar refractivity (Wildman–Crippen MR) is 107 cm³/mol. The van der Waals surface area contributed by atoms with Crippen LogP contribution in [0.2, 0.25) is 0 Å². The lowest BCUT2D eigenvalue weighted by Gasteiger charge is -2.09. The molecule has 0 bridgehead atoms. The van der Waals surface area contributed by atoms with Gasteiger partial charge in [0.1, 0.15) is 18.1 Å². The van der Waals surface area contributed by atoms with Crippen molar-refractivity contribution in [1.29, 1.82) is 5.26 Å². The minimum absolute atomic E-state index is 0.367. The van der Waals surface area contributed by atoms with Gasteiger partial charge < -0.3 is 14.2 Å². The van der Waals surface area contributed by atoms with E-state index in [0.29, 0.717) is 25.4 Å². The van der Waals surface area contributed by atoms with Gasteiger partial charge in [0.25, 0.3) is 0 Å². The lowest BCUT2D eigenvalue weighted by molar-refractivity contribution is -0.137. The van der Waals surface area contributed by atoms with Crippen LogP contribution in [0.4, 0.5) is 0 Å². The van der Waals surface area contributed by atoms with Crippen molar-refractivity contribution in [3.05, 3.63) is 72.3 Å². The van der Waals surface area contributed by atoms with Gasteiger partial charge in [0.15, 0.2) is 0 Å². The molecule has 0 saturated heterocycles. The number of nitrogens with zero attached hydrogens (tertiary/aromatic N) is 1. The number of hydrogen-bond acceptors (Lipinski definition) is 5. The molecule has 2 rings (SSSR count). The molecule has 0 saturated carbocycles.